The largest absolute Gasteiger partial charge is 0.494 e. The van der Waals surface area contributed by atoms with Gasteiger partial charge in [-0.15, -0.1) is 0 Å². The fourth-order valence-electron chi connectivity index (χ4n) is 2.14. The van der Waals surface area contributed by atoms with E-state index in [-0.39, 0.29) is 0 Å². The van der Waals surface area contributed by atoms with Crippen molar-refractivity contribution in [3.05, 3.63) is 29.3 Å². The van der Waals surface area contributed by atoms with Crippen LogP contribution in [-0.4, -0.2) is 17.7 Å². The lowest BCUT2D eigenvalue weighted by Gasteiger charge is -2.10. The number of aromatic carboxylic acids is 1. The van der Waals surface area contributed by atoms with Gasteiger partial charge in [-0.1, -0.05) is 45.6 Å². The van der Waals surface area contributed by atoms with Gasteiger partial charge in [-0.3, -0.25) is 0 Å². The molecule has 3 nitrogen and oxygen atoms in total. The number of carboxylic acids is 1. The Labute approximate surface area is 122 Å². The molecule has 0 radical (unpaired) electrons. The summed E-state index contributed by atoms with van der Waals surface area (Å²) in [5, 5.41) is 9.31. The topological polar surface area (TPSA) is 46.5 Å². The van der Waals surface area contributed by atoms with Gasteiger partial charge in [0.15, 0.2) is 0 Å². The van der Waals surface area contributed by atoms with E-state index in [0.29, 0.717) is 17.9 Å². The first kappa shape index (κ1) is 16.5. The zero-order valence-corrected chi connectivity index (χ0v) is 12.7. The third-order valence-corrected chi connectivity index (χ3v) is 3.38. The molecular formula is C17H26O3. The summed E-state index contributed by atoms with van der Waals surface area (Å²) in [6.45, 7) is 4.92. The lowest BCUT2D eigenvalue weighted by atomic mass is 10.0. The third-order valence-electron chi connectivity index (χ3n) is 3.38. The highest BCUT2D eigenvalue weighted by atomic mass is 16.5. The highest BCUT2D eigenvalue weighted by Crippen LogP contribution is 2.20. The van der Waals surface area contributed by atoms with Gasteiger partial charge >= 0.3 is 5.97 Å². The Balaban J connectivity index is 2.67. The summed E-state index contributed by atoms with van der Waals surface area (Å²) in [5.74, 6) is -0.204. The predicted molar refractivity (Wildman–Crippen MR) is 81.7 cm³/mol. The second-order valence-electron chi connectivity index (χ2n) is 5.14. The Morgan fingerprint density at radius 3 is 2.50 bits per heavy atom. The van der Waals surface area contributed by atoms with E-state index in [1.807, 2.05) is 12.1 Å². The van der Waals surface area contributed by atoms with Crippen LogP contribution in [0.3, 0.4) is 0 Å². The number of ether oxygens (including phenoxy) is 1. The average Bonchev–Trinajstić information content (AvgIpc) is 2.44. The van der Waals surface area contributed by atoms with Crippen LogP contribution >= 0.6 is 0 Å². The molecule has 0 bridgehead atoms. The number of benzene rings is 1. The molecule has 112 valence electrons. The fraction of sp³-hybridized carbons (Fsp3) is 0.588. The lowest BCUT2D eigenvalue weighted by Crippen LogP contribution is -2.04. The second-order valence-corrected chi connectivity index (χ2v) is 5.14. The molecule has 0 spiro atoms. The van der Waals surface area contributed by atoms with Crippen molar-refractivity contribution in [2.45, 2.75) is 58.8 Å². The first-order chi connectivity index (χ1) is 9.69. The summed E-state index contributed by atoms with van der Waals surface area (Å²) in [4.78, 5) is 11.3. The van der Waals surface area contributed by atoms with Crippen molar-refractivity contribution in [1.29, 1.82) is 0 Å². The summed E-state index contributed by atoms with van der Waals surface area (Å²) in [6, 6.07) is 5.45. The van der Waals surface area contributed by atoms with Crippen molar-refractivity contribution in [3.8, 4) is 5.75 Å². The van der Waals surface area contributed by atoms with Crippen LogP contribution in [0.1, 0.15) is 68.3 Å². The van der Waals surface area contributed by atoms with Crippen LogP contribution in [0, 0.1) is 0 Å². The molecule has 3 heteroatoms. The Kier molecular flexibility index (Phi) is 7.78. The molecule has 20 heavy (non-hydrogen) atoms. The van der Waals surface area contributed by atoms with E-state index in [1.54, 1.807) is 6.07 Å². The molecule has 1 aromatic rings. The molecule has 1 rings (SSSR count). The van der Waals surface area contributed by atoms with Crippen LogP contribution in [0.4, 0.5) is 0 Å². The summed E-state index contributed by atoms with van der Waals surface area (Å²) >= 11 is 0. The summed E-state index contributed by atoms with van der Waals surface area (Å²) < 4.78 is 5.57. The maximum Gasteiger partial charge on any atom is 0.336 e. The standard InChI is InChI=1S/C17H26O3/c1-3-5-7-8-9-14-10-11-15(20-12-6-4-2)13-16(14)17(18)19/h10-11,13H,3-9,12H2,1-2H3,(H,18,19). The lowest BCUT2D eigenvalue weighted by molar-refractivity contribution is 0.0695. The number of carboxylic acid groups (broad SMARTS) is 1. The minimum atomic E-state index is -0.864. The molecule has 0 aliphatic carbocycles. The maximum atomic E-state index is 11.3. The molecule has 0 amide bonds. The van der Waals surface area contributed by atoms with E-state index in [2.05, 4.69) is 13.8 Å². The molecule has 0 heterocycles. The first-order valence-electron chi connectivity index (χ1n) is 7.68. The van der Waals surface area contributed by atoms with E-state index < -0.39 is 5.97 Å². The number of unbranched alkanes of at least 4 members (excludes halogenated alkanes) is 4. The Bertz CT molecular complexity index is 413. The van der Waals surface area contributed by atoms with Gasteiger partial charge in [0.25, 0.3) is 0 Å². The van der Waals surface area contributed by atoms with Crippen LogP contribution in [-0.2, 0) is 6.42 Å². The SMILES string of the molecule is CCCCCCc1ccc(OCCCC)cc1C(=O)O. The van der Waals surface area contributed by atoms with Gasteiger partial charge in [-0.2, -0.15) is 0 Å². The molecule has 0 saturated carbocycles. The van der Waals surface area contributed by atoms with Crippen LogP contribution in [0.25, 0.3) is 0 Å². The Morgan fingerprint density at radius 1 is 1.10 bits per heavy atom. The number of rotatable bonds is 10. The Hall–Kier alpha value is -1.51. The Morgan fingerprint density at radius 2 is 1.85 bits per heavy atom. The number of hydrogen-bond acceptors (Lipinski definition) is 2. The number of carbonyl (C=O) groups is 1. The minimum absolute atomic E-state index is 0.385. The van der Waals surface area contributed by atoms with E-state index in [0.717, 1.165) is 37.7 Å². The van der Waals surface area contributed by atoms with Crippen molar-refractivity contribution in [2.75, 3.05) is 6.61 Å². The van der Waals surface area contributed by atoms with Crippen LogP contribution in [0.15, 0.2) is 18.2 Å². The molecule has 0 aromatic heterocycles. The summed E-state index contributed by atoms with van der Waals surface area (Å²) in [5.41, 5.74) is 1.30. The van der Waals surface area contributed by atoms with Crippen molar-refractivity contribution in [3.63, 3.8) is 0 Å². The molecule has 0 saturated heterocycles. The summed E-state index contributed by atoms with van der Waals surface area (Å²) in [7, 11) is 0. The van der Waals surface area contributed by atoms with Crippen molar-refractivity contribution in [2.24, 2.45) is 0 Å². The molecule has 0 fully saturated rings. The van der Waals surface area contributed by atoms with Gasteiger partial charge < -0.3 is 9.84 Å². The first-order valence-corrected chi connectivity index (χ1v) is 7.68. The molecule has 0 atom stereocenters. The van der Waals surface area contributed by atoms with Crippen molar-refractivity contribution < 1.29 is 14.6 Å². The molecule has 1 N–H and O–H groups in total. The van der Waals surface area contributed by atoms with E-state index >= 15 is 0 Å². The zero-order valence-electron chi connectivity index (χ0n) is 12.7. The van der Waals surface area contributed by atoms with Gasteiger partial charge in [0, 0.05) is 0 Å². The van der Waals surface area contributed by atoms with Gasteiger partial charge in [0.05, 0.1) is 12.2 Å². The number of hydrogen-bond donors (Lipinski definition) is 1. The molecule has 0 aliphatic rings. The van der Waals surface area contributed by atoms with Crippen molar-refractivity contribution in [1.82, 2.24) is 0 Å². The van der Waals surface area contributed by atoms with E-state index in [1.165, 1.54) is 12.8 Å². The van der Waals surface area contributed by atoms with Gasteiger partial charge in [0.1, 0.15) is 5.75 Å². The van der Waals surface area contributed by atoms with Gasteiger partial charge in [-0.05, 0) is 37.0 Å². The van der Waals surface area contributed by atoms with Gasteiger partial charge in [0.2, 0.25) is 0 Å². The van der Waals surface area contributed by atoms with Crippen molar-refractivity contribution >= 4 is 5.97 Å². The zero-order chi connectivity index (χ0) is 14.8. The molecule has 1 aromatic carbocycles. The third kappa shape index (κ3) is 5.64. The van der Waals surface area contributed by atoms with Crippen LogP contribution in [0.5, 0.6) is 5.75 Å². The fourth-order valence-corrected chi connectivity index (χ4v) is 2.14. The van der Waals surface area contributed by atoms with Crippen LogP contribution in [0.2, 0.25) is 0 Å². The number of aryl methyl sites for hydroxylation is 1. The monoisotopic (exact) mass is 278 g/mol. The van der Waals surface area contributed by atoms with Gasteiger partial charge in [-0.25, -0.2) is 4.79 Å². The van der Waals surface area contributed by atoms with E-state index in [4.69, 9.17) is 4.74 Å². The molecule has 0 aliphatic heterocycles. The molecular weight excluding hydrogens is 252 g/mol. The van der Waals surface area contributed by atoms with E-state index in [9.17, 15) is 9.90 Å². The normalized spacial score (nSPS) is 10.5. The molecule has 0 unspecified atom stereocenters. The minimum Gasteiger partial charge on any atom is -0.494 e. The predicted octanol–water partition coefficient (Wildman–Crippen LogP) is 4.69. The van der Waals surface area contributed by atoms with Crippen LogP contribution < -0.4 is 4.74 Å². The smallest absolute Gasteiger partial charge is 0.336 e. The quantitative estimate of drug-likeness (QED) is 0.632. The maximum absolute atomic E-state index is 11.3. The highest BCUT2D eigenvalue weighted by molar-refractivity contribution is 5.89. The highest BCUT2D eigenvalue weighted by Gasteiger charge is 2.11. The summed E-state index contributed by atoms with van der Waals surface area (Å²) in [6.07, 6.45) is 7.49. The average molecular weight is 278 g/mol. The second kappa shape index (κ2) is 9.40.